The number of anilines is 1. The largest absolute Gasteiger partial charge is 0.371 e. The number of nitrogens with zero attached hydrogens (tertiary/aromatic N) is 3. The molecule has 3 rings (SSSR count). The lowest BCUT2D eigenvalue weighted by atomic mass is 10.1. The number of hydrogen-bond donors (Lipinski definition) is 0. The van der Waals surface area contributed by atoms with E-state index in [2.05, 4.69) is 48.0 Å². The van der Waals surface area contributed by atoms with Gasteiger partial charge in [0.25, 0.3) is 5.91 Å². The van der Waals surface area contributed by atoms with Crippen molar-refractivity contribution >= 4 is 22.9 Å². The first kappa shape index (κ1) is 18.9. The van der Waals surface area contributed by atoms with Crippen molar-refractivity contribution in [1.82, 2.24) is 9.88 Å². The summed E-state index contributed by atoms with van der Waals surface area (Å²) >= 11 is 1.55. The third-order valence-corrected chi connectivity index (χ3v) is 5.98. The Morgan fingerprint density at radius 3 is 2.65 bits per heavy atom. The van der Waals surface area contributed by atoms with Gasteiger partial charge in [-0.1, -0.05) is 32.0 Å². The third-order valence-electron chi connectivity index (χ3n) is 4.81. The van der Waals surface area contributed by atoms with Crippen LogP contribution in [0.5, 0.6) is 0 Å². The molecule has 26 heavy (non-hydrogen) atoms. The average Bonchev–Trinajstić information content (AvgIpc) is 3.24. The molecule has 5 heteroatoms. The molecule has 2 aromatic rings. The van der Waals surface area contributed by atoms with Crippen LogP contribution in [-0.4, -0.2) is 35.9 Å². The highest BCUT2D eigenvalue weighted by atomic mass is 32.1. The van der Waals surface area contributed by atoms with E-state index in [4.69, 9.17) is 0 Å². The van der Waals surface area contributed by atoms with E-state index in [-0.39, 0.29) is 5.91 Å². The summed E-state index contributed by atoms with van der Waals surface area (Å²) in [5.41, 5.74) is 3.34. The summed E-state index contributed by atoms with van der Waals surface area (Å²) in [6, 6.07) is 8.47. The van der Waals surface area contributed by atoms with E-state index in [1.165, 1.54) is 24.1 Å². The second kappa shape index (κ2) is 8.21. The quantitative estimate of drug-likeness (QED) is 0.749. The van der Waals surface area contributed by atoms with Gasteiger partial charge in [0, 0.05) is 38.8 Å². The first-order chi connectivity index (χ1) is 12.5. The van der Waals surface area contributed by atoms with Gasteiger partial charge in [-0.15, -0.1) is 11.3 Å². The van der Waals surface area contributed by atoms with Crippen molar-refractivity contribution in [1.29, 1.82) is 0 Å². The maximum atomic E-state index is 13.0. The van der Waals surface area contributed by atoms with Crippen LogP contribution in [0.1, 0.15) is 52.6 Å². The predicted octanol–water partition coefficient (Wildman–Crippen LogP) is 4.52. The van der Waals surface area contributed by atoms with E-state index in [9.17, 15) is 4.79 Å². The van der Waals surface area contributed by atoms with Gasteiger partial charge < -0.3 is 9.80 Å². The smallest absolute Gasteiger partial charge is 0.265 e. The Kier molecular flexibility index (Phi) is 5.97. The number of para-hydroxylation sites is 1. The Balaban J connectivity index is 1.75. The summed E-state index contributed by atoms with van der Waals surface area (Å²) in [4.78, 5) is 22.6. The van der Waals surface area contributed by atoms with E-state index in [1.54, 1.807) is 11.3 Å². The van der Waals surface area contributed by atoms with E-state index in [0.29, 0.717) is 12.5 Å². The van der Waals surface area contributed by atoms with Gasteiger partial charge in [-0.25, -0.2) is 4.98 Å². The number of hydrogen-bond acceptors (Lipinski definition) is 4. The molecule has 0 radical (unpaired) electrons. The summed E-state index contributed by atoms with van der Waals surface area (Å²) in [6.45, 7) is 9.16. The first-order valence-electron chi connectivity index (χ1n) is 9.50. The highest BCUT2D eigenvalue weighted by Gasteiger charge is 2.21. The van der Waals surface area contributed by atoms with Gasteiger partial charge in [0.05, 0.1) is 10.7 Å². The minimum Gasteiger partial charge on any atom is -0.371 e. The summed E-state index contributed by atoms with van der Waals surface area (Å²) < 4.78 is 0. The predicted molar refractivity (Wildman–Crippen MR) is 109 cm³/mol. The summed E-state index contributed by atoms with van der Waals surface area (Å²) in [5, 5.41) is 1.06. The maximum Gasteiger partial charge on any atom is 0.265 e. The standard InChI is InChI=1S/C21H29N3OS/c1-15(2)13-19-22-16(3)20(26-19)21(25)23(4)14-17-9-5-6-10-18(17)24-11-7-8-12-24/h5-6,9-10,15H,7-8,11-14H2,1-4H3. The molecule has 0 unspecified atom stereocenters. The summed E-state index contributed by atoms with van der Waals surface area (Å²) in [5.74, 6) is 0.625. The van der Waals surface area contributed by atoms with E-state index >= 15 is 0 Å². The topological polar surface area (TPSA) is 36.4 Å². The minimum atomic E-state index is 0.0752. The van der Waals surface area contributed by atoms with E-state index in [1.807, 2.05) is 18.9 Å². The molecule has 0 aliphatic carbocycles. The van der Waals surface area contributed by atoms with Gasteiger partial charge in [0.2, 0.25) is 0 Å². The summed E-state index contributed by atoms with van der Waals surface area (Å²) in [6.07, 6.45) is 3.43. The van der Waals surface area contributed by atoms with Crippen molar-refractivity contribution in [3.05, 3.63) is 45.4 Å². The molecule has 0 atom stereocenters. The van der Waals surface area contributed by atoms with Crippen molar-refractivity contribution < 1.29 is 4.79 Å². The fourth-order valence-electron chi connectivity index (χ4n) is 3.50. The number of amides is 1. The van der Waals surface area contributed by atoms with Crippen LogP contribution in [0.4, 0.5) is 5.69 Å². The van der Waals surface area contributed by atoms with Crippen LogP contribution in [-0.2, 0) is 13.0 Å². The van der Waals surface area contributed by atoms with Crippen molar-refractivity contribution in [3.8, 4) is 0 Å². The number of rotatable bonds is 6. The Labute approximate surface area is 160 Å². The molecular weight excluding hydrogens is 342 g/mol. The molecule has 1 amide bonds. The van der Waals surface area contributed by atoms with Crippen LogP contribution in [0.25, 0.3) is 0 Å². The van der Waals surface area contributed by atoms with Crippen molar-refractivity contribution in [2.75, 3.05) is 25.0 Å². The first-order valence-corrected chi connectivity index (χ1v) is 10.3. The molecule has 2 heterocycles. The highest BCUT2D eigenvalue weighted by Crippen LogP contribution is 2.27. The van der Waals surface area contributed by atoms with Gasteiger partial charge in [-0.3, -0.25) is 4.79 Å². The molecule has 140 valence electrons. The number of aryl methyl sites for hydroxylation is 1. The van der Waals surface area contributed by atoms with E-state index < -0.39 is 0 Å². The van der Waals surface area contributed by atoms with Gasteiger partial charge in [0.15, 0.2) is 0 Å². The Morgan fingerprint density at radius 1 is 1.27 bits per heavy atom. The molecule has 1 aliphatic rings. The summed E-state index contributed by atoms with van der Waals surface area (Å²) in [7, 11) is 1.89. The van der Waals surface area contributed by atoms with Crippen LogP contribution in [0.2, 0.25) is 0 Å². The van der Waals surface area contributed by atoms with Crippen LogP contribution in [0.15, 0.2) is 24.3 Å². The minimum absolute atomic E-state index is 0.0752. The van der Waals surface area contributed by atoms with Crippen LogP contribution < -0.4 is 4.90 Å². The number of carbonyl (C=O) groups is 1. The SMILES string of the molecule is Cc1nc(CC(C)C)sc1C(=O)N(C)Cc1ccccc1N1CCCC1. The van der Waals surface area contributed by atoms with E-state index in [0.717, 1.165) is 35.1 Å². The molecule has 0 N–H and O–H groups in total. The number of aromatic nitrogens is 1. The molecule has 4 nitrogen and oxygen atoms in total. The zero-order valence-corrected chi connectivity index (χ0v) is 17.1. The highest BCUT2D eigenvalue weighted by molar-refractivity contribution is 7.13. The molecule has 0 saturated carbocycles. The molecular formula is C21H29N3OS. The van der Waals surface area contributed by atoms with Gasteiger partial charge in [0.1, 0.15) is 4.88 Å². The number of thiazole rings is 1. The Bertz CT molecular complexity index is 762. The Morgan fingerprint density at radius 2 is 1.96 bits per heavy atom. The fourth-order valence-corrected chi connectivity index (χ4v) is 4.77. The zero-order chi connectivity index (χ0) is 18.7. The monoisotopic (exact) mass is 371 g/mol. The lowest BCUT2D eigenvalue weighted by Crippen LogP contribution is -2.28. The lowest BCUT2D eigenvalue weighted by Gasteiger charge is -2.24. The van der Waals surface area contributed by atoms with Crippen LogP contribution in [0, 0.1) is 12.8 Å². The second-order valence-corrected chi connectivity index (χ2v) is 8.69. The molecule has 0 bridgehead atoms. The molecule has 1 aliphatic heterocycles. The molecule has 0 spiro atoms. The Hall–Kier alpha value is -1.88. The second-order valence-electron chi connectivity index (χ2n) is 7.60. The average molecular weight is 372 g/mol. The number of benzene rings is 1. The maximum absolute atomic E-state index is 13.0. The molecule has 1 aromatic heterocycles. The van der Waals surface area contributed by atoms with Crippen molar-refractivity contribution in [3.63, 3.8) is 0 Å². The third kappa shape index (κ3) is 4.26. The van der Waals surface area contributed by atoms with Gasteiger partial charge in [-0.05, 0) is 37.3 Å². The molecule has 1 fully saturated rings. The van der Waals surface area contributed by atoms with Crippen molar-refractivity contribution in [2.24, 2.45) is 5.92 Å². The fraction of sp³-hybridized carbons (Fsp3) is 0.524. The van der Waals surface area contributed by atoms with Gasteiger partial charge >= 0.3 is 0 Å². The van der Waals surface area contributed by atoms with Crippen LogP contribution in [0.3, 0.4) is 0 Å². The lowest BCUT2D eigenvalue weighted by molar-refractivity contribution is 0.0789. The van der Waals surface area contributed by atoms with Crippen molar-refractivity contribution in [2.45, 2.75) is 46.6 Å². The molecule has 1 aromatic carbocycles. The molecule has 1 saturated heterocycles. The number of carbonyl (C=O) groups excluding carboxylic acids is 1. The van der Waals surface area contributed by atoms with Crippen LogP contribution >= 0.6 is 11.3 Å². The zero-order valence-electron chi connectivity index (χ0n) is 16.3. The van der Waals surface area contributed by atoms with Gasteiger partial charge in [-0.2, -0.15) is 0 Å². The normalized spacial score (nSPS) is 14.3.